The summed E-state index contributed by atoms with van der Waals surface area (Å²) >= 11 is 0. The molecule has 8 heteroatoms. The van der Waals surface area contributed by atoms with Crippen molar-refractivity contribution in [2.75, 3.05) is 7.11 Å². The van der Waals surface area contributed by atoms with E-state index in [0.29, 0.717) is 17.1 Å². The van der Waals surface area contributed by atoms with Gasteiger partial charge in [0.1, 0.15) is 18.5 Å². The fourth-order valence-electron chi connectivity index (χ4n) is 3.24. The number of imidazole rings is 1. The van der Waals surface area contributed by atoms with Crippen LogP contribution in [0, 0.1) is 21.4 Å². The largest absolute Gasteiger partial charge is 0.493 e. The Morgan fingerprint density at radius 2 is 1.91 bits per heavy atom. The molecule has 0 aliphatic carbocycles. The number of nitriles is 1. The molecule has 0 aliphatic rings. The van der Waals surface area contributed by atoms with Crippen molar-refractivity contribution in [1.29, 1.82) is 5.26 Å². The second-order valence-corrected chi connectivity index (χ2v) is 6.87. The zero-order chi connectivity index (χ0) is 22.5. The SMILES string of the molecule is COc1cc(C=C(C#N)c2nc3ccccc3[nH]2)c([N+](=O)[O-])cc1OCc1ccccc1. The van der Waals surface area contributed by atoms with Gasteiger partial charge in [0, 0.05) is 0 Å². The number of methoxy groups -OCH3 is 1. The standard InChI is InChI=1S/C24H18N4O4/c1-31-22-12-17(11-18(14-25)24-26-19-9-5-6-10-20(19)27-24)21(28(29)30)13-23(22)32-15-16-7-3-2-4-8-16/h2-13H,15H2,1H3,(H,26,27). The van der Waals surface area contributed by atoms with Crippen molar-refractivity contribution < 1.29 is 14.4 Å². The number of para-hydroxylation sites is 2. The number of aromatic nitrogens is 2. The number of fused-ring (bicyclic) bond motifs is 1. The maximum absolute atomic E-state index is 11.8. The van der Waals surface area contributed by atoms with E-state index in [1.807, 2.05) is 54.6 Å². The molecule has 0 unspecified atom stereocenters. The third-order valence-electron chi connectivity index (χ3n) is 4.81. The van der Waals surface area contributed by atoms with Gasteiger partial charge in [0.25, 0.3) is 5.69 Å². The normalized spacial score (nSPS) is 11.2. The van der Waals surface area contributed by atoms with Crippen LogP contribution in [0.2, 0.25) is 0 Å². The quantitative estimate of drug-likeness (QED) is 0.249. The lowest BCUT2D eigenvalue weighted by Crippen LogP contribution is -2.00. The van der Waals surface area contributed by atoms with Crippen molar-refractivity contribution in [3.05, 3.63) is 93.8 Å². The number of rotatable bonds is 7. The first-order valence-electron chi connectivity index (χ1n) is 9.69. The second-order valence-electron chi connectivity index (χ2n) is 6.87. The average molecular weight is 426 g/mol. The van der Waals surface area contributed by atoms with Crippen LogP contribution in [0.25, 0.3) is 22.7 Å². The molecule has 0 aliphatic heterocycles. The summed E-state index contributed by atoms with van der Waals surface area (Å²) in [6, 6.07) is 21.6. The fraction of sp³-hybridized carbons (Fsp3) is 0.0833. The Balaban J connectivity index is 1.73. The summed E-state index contributed by atoms with van der Waals surface area (Å²) in [5.41, 5.74) is 2.52. The van der Waals surface area contributed by atoms with Gasteiger partial charge in [0.05, 0.1) is 40.3 Å². The first-order chi connectivity index (χ1) is 15.6. The van der Waals surface area contributed by atoms with Crippen LogP contribution in [0.15, 0.2) is 66.7 Å². The summed E-state index contributed by atoms with van der Waals surface area (Å²) < 4.78 is 11.2. The number of ether oxygens (including phenoxy) is 2. The van der Waals surface area contributed by atoms with Gasteiger partial charge in [-0.1, -0.05) is 42.5 Å². The zero-order valence-corrected chi connectivity index (χ0v) is 17.1. The van der Waals surface area contributed by atoms with Gasteiger partial charge in [-0.15, -0.1) is 0 Å². The monoisotopic (exact) mass is 426 g/mol. The van der Waals surface area contributed by atoms with E-state index >= 15 is 0 Å². The Kier molecular flexibility index (Phi) is 5.81. The third kappa shape index (κ3) is 4.27. The summed E-state index contributed by atoms with van der Waals surface area (Å²) in [6.45, 7) is 0.228. The number of allylic oxidation sites excluding steroid dienone is 1. The Labute approximate surface area is 183 Å². The van der Waals surface area contributed by atoms with Gasteiger partial charge in [-0.25, -0.2) is 4.98 Å². The highest BCUT2D eigenvalue weighted by Gasteiger charge is 2.20. The minimum Gasteiger partial charge on any atom is -0.493 e. The highest BCUT2D eigenvalue weighted by molar-refractivity contribution is 5.92. The molecule has 0 fully saturated rings. The maximum Gasteiger partial charge on any atom is 0.280 e. The van der Waals surface area contributed by atoms with E-state index in [2.05, 4.69) is 16.0 Å². The van der Waals surface area contributed by atoms with Crippen LogP contribution in [0.5, 0.6) is 11.5 Å². The molecule has 32 heavy (non-hydrogen) atoms. The van der Waals surface area contributed by atoms with Crippen LogP contribution in [0.3, 0.4) is 0 Å². The summed E-state index contributed by atoms with van der Waals surface area (Å²) in [5.74, 6) is 0.883. The minimum absolute atomic E-state index is 0.157. The van der Waals surface area contributed by atoms with Crippen LogP contribution in [-0.2, 0) is 6.61 Å². The number of hydrogen-bond acceptors (Lipinski definition) is 6. The number of aromatic amines is 1. The molecule has 0 radical (unpaired) electrons. The number of H-pyrrole nitrogens is 1. The van der Waals surface area contributed by atoms with E-state index in [-0.39, 0.29) is 29.2 Å². The van der Waals surface area contributed by atoms with E-state index in [0.717, 1.165) is 11.1 Å². The molecule has 0 bridgehead atoms. The predicted octanol–water partition coefficient (Wildman–Crippen LogP) is 5.12. The van der Waals surface area contributed by atoms with Gasteiger partial charge in [0.2, 0.25) is 0 Å². The molecule has 8 nitrogen and oxygen atoms in total. The van der Waals surface area contributed by atoms with Crippen molar-refractivity contribution >= 4 is 28.4 Å². The summed E-state index contributed by atoms with van der Waals surface area (Å²) in [6.07, 6.45) is 1.42. The Hall–Kier alpha value is -4.64. The summed E-state index contributed by atoms with van der Waals surface area (Å²) in [7, 11) is 1.45. The highest BCUT2D eigenvalue weighted by Crippen LogP contribution is 2.37. The molecule has 0 saturated carbocycles. The van der Waals surface area contributed by atoms with Gasteiger partial charge < -0.3 is 14.5 Å². The summed E-state index contributed by atoms with van der Waals surface area (Å²) in [5, 5.41) is 21.5. The molecule has 1 N–H and O–H groups in total. The molecule has 158 valence electrons. The lowest BCUT2D eigenvalue weighted by Gasteiger charge is -2.12. The first-order valence-corrected chi connectivity index (χ1v) is 9.69. The van der Waals surface area contributed by atoms with E-state index in [9.17, 15) is 15.4 Å². The molecule has 1 aromatic heterocycles. The van der Waals surface area contributed by atoms with Crippen molar-refractivity contribution in [1.82, 2.24) is 9.97 Å². The first kappa shape index (κ1) is 20.6. The topological polar surface area (TPSA) is 114 Å². The number of nitro groups is 1. The molecule has 1 heterocycles. The minimum atomic E-state index is -0.520. The van der Waals surface area contributed by atoms with Crippen molar-refractivity contribution in [3.8, 4) is 17.6 Å². The molecule has 0 atom stereocenters. The van der Waals surface area contributed by atoms with Crippen LogP contribution in [-0.4, -0.2) is 22.0 Å². The molecule has 4 aromatic rings. The Bertz CT molecular complexity index is 1320. The molecule has 4 rings (SSSR count). The maximum atomic E-state index is 11.8. The molecule has 0 amide bonds. The van der Waals surface area contributed by atoms with Crippen molar-refractivity contribution in [3.63, 3.8) is 0 Å². The number of benzene rings is 3. The lowest BCUT2D eigenvalue weighted by atomic mass is 10.1. The van der Waals surface area contributed by atoms with Gasteiger partial charge in [-0.05, 0) is 29.8 Å². The predicted molar refractivity (Wildman–Crippen MR) is 120 cm³/mol. The number of hydrogen-bond donors (Lipinski definition) is 1. The van der Waals surface area contributed by atoms with Crippen LogP contribution in [0.1, 0.15) is 17.0 Å². The fourth-order valence-corrected chi connectivity index (χ4v) is 3.24. The van der Waals surface area contributed by atoms with Crippen LogP contribution < -0.4 is 9.47 Å². The van der Waals surface area contributed by atoms with Crippen molar-refractivity contribution in [2.45, 2.75) is 6.61 Å². The zero-order valence-electron chi connectivity index (χ0n) is 17.1. The Morgan fingerprint density at radius 3 is 2.59 bits per heavy atom. The van der Waals surface area contributed by atoms with Gasteiger partial charge in [-0.3, -0.25) is 10.1 Å². The third-order valence-corrected chi connectivity index (χ3v) is 4.81. The highest BCUT2D eigenvalue weighted by atomic mass is 16.6. The smallest absolute Gasteiger partial charge is 0.280 e. The molecule has 3 aromatic carbocycles. The van der Waals surface area contributed by atoms with Gasteiger partial charge in [-0.2, -0.15) is 5.26 Å². The van der Waals surface area contributed by atoms with Crippen LogP contribution in [0.4, 0.5) is 5.69 Å². The number of nitro benzene ring substituents is 1. The Morgan fingerprint density at radius 1 is 1.16 bits per heavy atom. The molecule has 0 spiro atoms. The van der Waals surface area contributed by atoms with Crippen LogP contribution >= 0.6 is 0 Å². The van der Waals surface area contributed by atoms with E-state index in [1.54, 1.807) is 0 Å². The van der Waals surface area contributed by atoms with E-state index < -0.39 is 4.92 Å². The van der Waals surface area contributed by atoms with E-state index in [4.69, 9.17) is 9.47 Å². The average Bonchev–Trinajstić information content (AvgIpc) is 3.25. The van der Waals surface area contributed by atoms with Gasteiger partial charge >= 0.3 is 0 Å². The number of nitrogens with zero attached hydrogens (tertiary/aromatic N) is 3. The molecular formula is C24H18N4O4. The second kappa shape index (κ2) is 9.02. The number of nitrogens with one attached hydrogen (secondary N) is 1. The molecule has 0 saturated heterocycles. The molecular weight excluding hydrogens is 408 g/mol. The van der Waals surface area contributed by atoms with E-state index in [1.165, 1.54) is 25.3 Å². The van der Waals surface area contributed by atoms with Crippen molar-refractivity contribution in [2.24, 2.45) is 0 Å². The summed E-state index contributed by atoms with van der Waals surface area (Å²) in [4.78, 5) is 18.7. The lowest BCUT2D eigenvalue weighted by molar-refractivity contribution is -0.385. The van der Waals surface area contributed by atoms with Gasteiger partial charge in [0.15, 0.2) is 11.5 Å².